The molecule has 1 fully saturated rings. The van der Waals surface area contributed by atoms with Crippen LogP contribution in [-0.2, 0) is 17.8 Å². The van der Waals surface area contributed by atoms with Crippen LogP contribution in [0.1, 0.15) is 11.1 Å². The lowest BCUT2D eigenvalue weighted by atomic mass is 10.1. The van der Waals surface area contributed by atoms with Crippen LogP contribution in [0.4, 0.5) is 0 Å². The Morgan fingerprint density at radius 3 is 2.60 bits per heavy atom. The van der Waals surface area contributed by atoms with Gasteiger partial charge in [0.05, 0.1) is 25.3 Å². The zero-order chi connectivity index (χ0) is 17.5. The largest absolute Gasteiger partial charge is 0.497 e. The molecule has 1 aliphatic rings. The van der Waals surface area contributed by atoms with E-state index in [9.17, 15) is 0 Å². The molecule has 1 heterocycles. The Hall–Kier alpha value is -2.11. The number of nitrogens with zero attached hydrogens (tertiary/aromatic N) is 1. The Morgan fingerprint density at radius 1 is 1.12 bits per heavy atom. The van der Waals surface area contributed by atoms with Crippen molar-refractivity contribution >= 4 is 17.2 Å². The lowest BCUT2D eigenvalue weighted by Crippen LogP contribution is -2.40. The Bertz CT molecular complexity index is 699. The number of rotatable bonds is 6. The topological polar surface area (TPSA) is 30.9 Å². The highest BCUT2D eigenvalue weighted by Crippen LogP contribution is 2.27. The van der Waals surface area contributed by atoms with E-state index < -0.39 is 0 Å². The molecular formula is C20H23NO3S. The van der Waals surface area contributed by atoms with Crippen LogP contribution in [0.25, 0.3) is 0 Å². The highest BCUT2D eigenvalue weighted by atomic mass is 32.1. The average Bonchev–Trinajstić information content (AvgIpc) is 2.68. The molecule has 25 heavy (non-hydrogen) atoms. The molecule has 0 bridgehead atoms. The van der Waals surface area contributed by atoms with Crippen molar-refractivity contribution in [3.63, 3.8) is 0 Å². The summed E-state index contributed by atoms with van der Waals surface area (Å²) in [6.45, 7) is 3.70. The van der Waals surface area contributed by atoms with Crippen molar-refractivity contribution in [2.45, 2.75) is 13.0 Å². The van der Waals surface area contributed by atoms with Crippen LogP contribution >= 0.6 is 12.2 Å². The monoisotopic (exact) mass is 357 g/mol. The van der Waals surface area contributed by atoms with E-state index in [1.54, 1.807) is 7.11 Å². The normalized spacial score (nSPS) is 14.2. The Labute approximate surface area is 154 Å². The molecule has 0 unspecified atom stereocenters. The van der Waals surface area contributed by atoms with Gasteiger partial charge in [-0.3, -0.25) is 0 Å². The highest BCUT2D eigenvalue weighted by molar-refractivity contribution is 7.80. The fourth-order valence-corrected chi connectivity index (χ4v) is 3.10. The first kappa shape index (κ1) is 17.7. The van der Waals surface area contributed by atoms with E-state index in [-0.39, 0.29) is 0 Å². The third-order valence-corrected chi connectivity index (χ3v) is 4.62. The summed E-state index contributed by atoms with van der Waals surface area (Å²) in [5.74, 6) is 1.60. The van der Waals surface area contributed by atoms with Gasteiger partial charge in [-0.1, -0.05) is 48.6 Å². The summed E-state index contributed by atoms with van der Waals surface area (Å²) in [5.41, 5.74) is 2.21. The summed E-state index contributed by atoms with van der Waals surface area (Å²) in [5, 5.41) is 0. The number of thiocarbonyl (C=S) groups is 1. The lowest BCUT2D eigenvalue weighted by Gasteiger charge is -2.29. The van der Waals surface area contributed by atoms with Crippen molar-refractivity contribution in [2.24, 2.45) is 0 Å². The molecule has 0 radical (unpaired) electrons. The maximum atomic E-state index is 6.07. The third kappa shape index (κ3) is 4.94. The van der Waals surface area contributed by atoms with Crippen molar-refractivity contribution in [2.75, 3.05) is 33.4 Å². The molecule has 0 aromatic heterocycles. The molecule has 2 aromatic rings. The van der Waals surface area contributed by atoms with E-state index in [2.05, 4.69) is 17.0 Å². The zero-order valence-electron chi connectivity index (χ0n) is 14.4. The maximum Gasteiger partial charge on any atom is 0.127 e. The number of methoxy groups -OCH3 is 1. The van der Waals surface area contributed by atoms with Crippen LogP contribution in [0.15, 0.2) is 48.5 Å². The predicted molar refractivity (Wildman–Crippen MR) is 102 cm³/mol. The van der Waals surface area contributed by atoms with Gasteiger partial charge in [0.1, 0.15) is 18.1 Å². The number of morpholine rings is 1. The SMILES string of the molecule is COc1ccc(CC(=S)N2CCOCC2)c(OCc2ccccc2)c1. The fraction of sp³-hybridized carbons (Fsp3) is 0.350. The van der Waals surface area contributed by atoms with Gasteiger partial charge in [0.25, 0.3) is 0 Å². The smallest absolute Gasteiger partial charge is 0.127 e. The van der Waals surface area contributed by atoms with Gasteiger partial charge in [0.15, 0.2) is 0 Å². The van der Waals surface area contributed by atoms with Crippen molar-refractivity contribution in [1.29, 1.82) is 0 Å². The lowest BCUT2D eigenvalue weighted by molar-refractivity contribution is 0.0684. The van der Waals surface area contributed by atoms with Crippen LogP contribution in [0.3, 0.4) is 0 Å². The molecule has 0 saturated carbocycles. The molecule has 4 nitrogen and oxygen atoms in total. The minimum Gasteiger partial charge on any atom is -0.497 e. The molecule has 1 aliphatic heterocycles. The van der Waals surface area contributed by atoms with Crippen molar-refractivity contribution in [1.82, 2.24) is 4.90 Å². The maximum absolute atomic E-state index is 6.07. The number of ether oxygens (including phenoxy) is 3. The van der Waals surface area contributed by atoms with Gasteiger partial charge in [-0.25, -0.2) is 0 Å². The number of hydrogen-bond donors (Lipinski definition) is 0. The van der Waals surface area contributed by atoms with Crippen LogP contribution in [0, 0.1) is 0 Å². The van der Waals surface area contributed by atoms with Gasteiger partial charge in [-0.15, -0.1) is 0 Å². The van der Waals surface area contributed by atoms with Gasteiger partial charge < -0.3 is 19.1 Å². The molecule has 0 aliphatic carbocycles. The average molecular weight is 357 g/mol. The first-order valence-electron chi connectivity index (χ1n) is 8.45. The van der Waals surface area contributed by atoms with E-state index in [0.29, 0.717) is 13.0 Å². The van der Waals surface area contributed by atoms with Crippen LogP contribution < -0.4 is 9.47 Å². The van der Waals surface area contributed by atoms with Crippen LogP contribution in [0.5, 0.6) is 11.5 Å². The Kier molecular flexibility index (Phi) is 6.25. The molecule has 5 heteroatoms. The van der Waals surface area contributed by atoms with Crippen LogP contribution in [-0.4, -0.2) is 43.3 Å². The summed E-state index contributed by atoms with van der Waals surface area (Å²) in [7, 11) is 1.66. The second-order valence-electron chi connectivity index (χ2n) is 5.92. The molecule has 132 valence electrons. The second-order valence-corrected chi connectivity index (χ2v) is 6.39. The summed E-state index contributed by atoms with van der Waals surface area (Å²) in [6, 6.07) is 16.0. The van der Waals surface area contributed by atoms with Crippen LogP contribution in [0.2, 0.25) is 0 Å². The van der Waals surface area contributed by atoms with Gasteiger partial charge in [-0.05, 0) is 11.6 Å². The van der Waals surface area contributed by atoms with E-state index in [1.807, 2.05) is 36.4 Å². The van der Waals surface area contributed by atoms with Gasteiger partial charge >= 0.3 is 0 Å². The summed E-state index contributed by atoms with van der Waals surface area (Å²) in [4.78, 5) is 3.14. The first-order valence-corrected chi connectivity index (χ1v) is 8.86. The van der Waals surface area contributed by atoms with E-state index in [1.165, 1.54) is 0 Å². The van der Waals surface area contributed by atoms with Crippen molar-refractivity contribution in [3.8, 4) is 11.5 Å². The molecule has 0 N–H and O–H groups in total. The Balaban J connectivity index is 1.72. The fourth-order valence-electron chi connectivity index (χ4n) is 2.77. The first-order chi connectivity index (χ1) is 12.3. The van der Waals surface area contributed by atoms with Crippen molar-refractivity contribution in [3.05, 3.63) is 59.7 Å². The summed E-state index contributed by atoms with van der Waals surface area (Å²) < 4.78 is 16.8. The van der Waals surface area contributed by atoms with E-state index in [0.717, 1.165) is 53.9 Å². The quantitative estimate of drug-likeness (QED) is 0.739. The minimum atomic E-state index is 0.519. The van der Waals surface area contributed by atoms with E-state index in [4.69, 9.17) is 26.4 Å². The van der Waals surface area contributed by atoms with Gasteiger partial charge in [0, 0.05) is 31.1 Å². The number of hydrogen-bond acceptors (Lipinski definition) is 4. The predicted octanol–water partition coefficient (Wildman–Crippen LogP) is 3.48. The Morgan fingerprint density at radius 2 is 1.88 bits per heavy atom. The molecule has 2 aromatic carbocycles. The molecule has 0 amide bonds. The highest BCUT2D eigenvalue weighted by Gasteiger charge is 2.16. The summed E-state index contributed by atoms with van der Waals surface area (Å²) in [6.07, 6.45) is 0.684. The molecule has 1 saturated heterocycles. The molecule has 0 spiro atoms. The summed E-state index contributed by atoms with van der Waals surface area (Å²) >= 11 is 5.64. The van der Waals surface area contributed by atoms with Gasteiger partial charge in [-0.2, -0.15) is 0 Å². The molecule has 3 rings (SSSR count). The zero-order valence-corrected chi connectivity index (χ0v) is 15.3. The van der Waals surface area contributed by atoms with Crippen molar-refractivity contribution < 1.29 is 14.2 Å². The minimum absolute atomic E-state index is 0.519. The molecular weight excluding hydrogens is 334 g/mol. The van der Waals surface area contributed by atoms with E-state index >= 15 is 0 Å². The number of benzene rings is 2. The second kappa shape index (κ2) is 8.83. The third-order valence-electron chi connectivity index (χ3n) is 4.22. The van der Waals surface area contributed by atoms with Gasteiger partial charge in [0.2, 0.25) is 0 Å². The standard InChI is InChI=1S/C20H23NO3S/c1-22-18-8-7-17(13-20(25)21-9-11-23-12-10-21)19(14-18)24-15-16-5-3-2-4-6-16/h2-8,14H,9-13,15H2,1H3. The molecule has 0 atom stereocenters.